The second-order valence-corrected chi connectivity index (χ2v) is 5.73. The summed E-state index contributed by atoms with van der Waals surface area (Å²) in [6.07, 6.45) is 4.10. The quantitative estimate of drug-likeness (QED) is 0.670. The third-order valence-corrected chi connectivity index (χ3v) is 3.46. The highest BCUT2D eigenvalue weighted by atomic mass is 79.9. The Morgan fingerprint density at radius 1 is 1.32 bits per heavy atom. The molecule has 1 aromatic carbocycles. The number of amides is 1. The van der Waals surface area contributed by atoms with E-state index in [0.29, 0.717) is 16.2 Å². The average Bonchev–Trinajstić information content (AvgIpc) is 2.95. The lowest BCUT2D eigenvalue weighted by Crippen LogP contribution is -2.16. The van der Waals surface area contributed by atoms with Crippen LogP contribution in [0, 0.1) is 0 Å². The Hall–Kier alpha value is -3.14. The molecule has 25 heavy (non-hydrogen) atoms. The van der Waals surface area contributed by atoms with Crippen molar-refractivity contribution in [2.75, 3.05) is 5.32 Å². The first-order valence-corrected chi connectivity index (χ1v) is 7.82. The van der Waals surface area contributed by atoms with Gasteiger partial charge < -0.3 is 20.5 Å². The average molecular weight is 405 g/mol. The normalized spacial score (nSPS) is 10.3. The van der Waals surface area contributed by atoms with Crippen molar-refractivity contribution in [1.29, 1.82) is 0 Å². The second kappa shape index (κ2) is 7.18. The molecule has 0 unspecified atom stereocenters. The second-order valence-electron chi connectivity index (χ2n) is 4.87. The molecular weight excluding hydrogens is 392 g/mol. The Bertz CT molecular complexity index is 914. The van der Waals surface area contributed by atoms with E-state index in [9.17, 15) is 4.79 Å². The van der Waals surface area contributed by atoms with Crippen LogP contribution in [0.1, 0.15) is 0 Å². The van der Waals surface area contributed by atoms with Crippen molar-refractivity contribution in [2.24, 2.45) is 12.8 Å². The molecule has 0 bridgehead atoms. The molecule has 2 heterocycles. The minimum absolute atomic E-state index is 0.267. The number of nitrogens with one attached hydrogen (secondary N) is 1. The topological polar surface area (TPSA) is 117 Å². The number of aromatic nitrogens is 4. The van der Waals surface area contributed by atoms with Crippen LogP contribution < -0.4 is 20.5 Å². The highest BCUT2D eigenvalue weighted by Gasteiger charge is 2.10. The van der Waals surface area contributed by atoms with Gasteiger partial charge in [-0.15, -0.1) is 0 Å². The number of benzene rings is 1. The van der Waals surface area contributed by atoms with Crippen LogP contribution in [-0.2, 0) is 7.05 Å². The van der Waals surface area contributed by atoms with E-state index >= 15 is 0 Å². The third-order valence-electron chi connectivity index (χ3n) is 2.91. The van der Waals surface area contributed by atoms with Crippen molar-refractivity contribution in [3.05, 3.63) is 47.3 Å². The molecule has 10 heteroatoms. The van der Waals surface area contributed by atoms with Gasteiger partial charge in [0.05, 0.1) is 22.6 Å². The zero-order valence-corrected chi connectivity index (χ0v) is 14.6. The molecule has 0 aliphatic carbocycles. The lowest BCUT2D eigenvalue weighted by molar-refractivity contribution is 0.211. The maximum Gasteiger partial charge on any atom is 0.409 e. The molecule has 2 aromatic heterocycles. The van der Waals surface area contributed by atoms with Gasteiger partial charge in [-0.05, 0) is 28.1 Å². The number of halogens is 1. The van der Waals surface area contributed by atoms with Crippen LogP contribution in [0.3, 0.4) is 0 Å². The van der Waals surface area contributed by atoms with Crippen molar-refractivity contribution in [3.63, 3.8) is 0 Å². The molecule has 0 fully saturated rings. The number of carbonyl (C=O) groups is 1. The van der Waals surface area contributed by atoms with Gasteiger partial charge >= 0.3 is 6.09 Å². The van der Waals surface area contributed by atoms with E-state index in [0.717, 1.165) is 5.69 Å². The molecule has 0 saturated carbocycles. The lowest BCUT2D eigenvalue weighted by Gasteiger charge is -2.09. The summed E-state index contributed by atoms with van der Waals surface area (Å²) in [4.78, 5) is 19.3. The fourth-order valence-electron chi connectivity index (χ4n) is 1.93. The van der Waals surface area contributed by atoms with Crippen molar-refractivity contribution in [3.8, 4) is 17.4 Å². The zero-order valence-electron chi connectivity index (χ0n) is 13.0. The van der Waals surface area contributed by atoms with Crippen LogP contribution in [0.2, 0.25) is 0 Å². The molecule has 3 aromatic rings. The summed E-state index contributed by atoms with van der Waals surface area (Å²) < 4.78 is 12.8. The van der Waals surface area contributed by atoms with Crippen LogP contribution in [0.5, 0.6) is 17.4 Å². The Morgan fingerprint density at radius 3 is 2.84 bits per heavy atom. The fraction of sp³-hybridized carbons (Fsp3) is 0.0667. The summed E-state index contributed by atoms with van der Waals surface area (Å²) in [5.74, 6) is 1.32. The van der Waals surface area contributed by atoms with Gasteiger partial charge in [-0.2, -0.15) is 10.1 Å². The van der Waals surface area contributed by atoms with Gasteiger partial charge in [0.15, 0.2) is 0 Å². The maximum absolute atomic E-state index is 10.8. The third kappa shape index (κ3) is 4.44. The molecule has 3 rings (SSSR count). The Labute approximate surface area is 150 Å². The molecule has 0 aliphatic heterocycles. The highest BCUT2D eigenvalue weighted by Crippen LogP contribution is 2.30. The molecular formula is C15H13BrN6O3. The molecule has 0 spiro atoms. The minimum Gasteiger partial charge on any atom is -0.438 e. The van der Waals surface area contributed by atoms with E-state index in [-0.39, 0.29) is 11.6 Å². The molecule has 0 aliphatic rings. The summed E-state index contributed by atoms with van der Waals surface area (Å²) in [5, 5.41) is 7.08. The molecule has 128 valence electrons. The van der Waals surface area contributed by atoms with Gasteiger partial charge in [-0.1, -0.05) is 6.07 Å². The van der Waals surface area contributed by atoms with Gasteiger partial charge in [0.2, 0.25) is 11.8 Å². The van der Waals surface area contributed by atoms with Crippen molar-refractivity contribution in [2.45, 2.75) is 0 Å². The monoisotopic (exact) mass is 404 g/mol. The zero-order chi connectivity index (χ0) is 17.8. The predicted molar refractivity (Wildman–Crippen MR) is 93.0 cm³/mol. The number of rotatable bonds is 5. The number of ether oxygens (including phenoxy) is 2. The summed E-state index contributed by atoms with van der Waals surface area (Å²) in [6.45, 7) is 0. The largest absolute Gasteiger partial charge is 0.438 e. The van der Waals surface area contributed by atoms with Gasteiger partial charge in [-0.3, -0.25) is 4.68 Å². The van der Waals surface area contributed by atoms with E-state index in [1.54, 1.807) is 41.5 Å². The van der Waals surface area contributed by atoms with Crippen molar-refractivity contribution >= 4 is 33.7 Å². The number of nitrogens with zero attached hydrogens (tertiary/aromatic N) is 4. The highest BCUT2D eigenvalue weighted by molar-refractivity contribution is 9.10. The standard InChI is InChI=1S/C15H13BrN6O3/c1-22-8-9(6-19-22)20-15-18-7-12(16)13(21-15)24-10-3-2-4-11(5-10)25-14(17)23/h2-8H,1H3,(H2,17,23)(H,18,20,21). The number of hydrogen-bond donors (Lipinski definition) is 2. The van der Waals surface area contributed by atoms with Crippen LogP contribution in [0.25, 0.3) is 0 Å². The van der Waals surface area contributed by atoms with Gasteiger partial charge in [0.25, 0.3) is 0 Å². The molecule has 0 saturated heterocycles. The van der Waals surface area contributed by atoms with Crippen molar-refractivity contribution in [1.82, 2.24) is 19.7 Å². The predicted octanol–water partition coefficient (Wildman–Crippen LogP) is 2.97. The number of primary amides is 1. The lowest BCUT2D eigenvalue weighted by atomic mass is 10.3. The van der Waals surface area contributed by atoms with Crippen LogP contribution in [0.4, 0.5) is 16.4 Å². The first-order valence-electron chi connectivity index (χ1n) is 7.03. The maximum atomic E-state index is 10.8. The molecule has 3 N–H and O–H groups in total. The molecule has 1 amide bonds. The van der Waals surface area contributed by atoms with Crippen LogP contribution in [0.15, 0.2) is 47.3 Å². The summed E-state index contributed by atoms with van der Waals surface area (Å²) in [6, 6.07) is 6.46. The molecule has 0 radical (unpaired) electrons. The van der Waals surface area contributed by atoms with Gasteiger partial charge in [0, 0.05) is 19.3 Å². The van der Waals surface area contributed by atoms with E-state index < -0.39 is 6.09 Å². The summed E-state index contributed by atoms with van der Waals surface area (Å²) in [5.41, 5.74) is 5.74. The summed E-state index contributed by atoms with van der Waals surface area (Å²) >= 11 is 3.34. The van der Waals surface area contributed by atoms with E-state index in [1.165, 1.54) is 6.07 Å². The smallest absolute Gasteiger partial charge is 0.409 e. The van der Waals surface area contributed by atoms with Gasteiger partial charge in [0.1, 0.15) is 11.5 Å². The Morgan fingerprint density at radius 2 is 2.12 bits per heavy atom. The molecule has 0 atom stereocenters. The van der Waals surface area contributed by atoms with E-state index in [1.807, 2.05) is 7.05 Å². The summed E-state index contributed by atoms with van der Waals surface area (Å²) in [7, 11) is 1.81. The van der Waals surface area contributed by atoms with E-state index in [4.69, 9.17) is 15.2 Å². The Balaban J connectivity index is 1.80. The number of carbonyl (C=O) groups excluding carboxylic acids is 1. The van der Waals surface area contributed by atoms with Gasteiger partial charge in [-0.25, -0.2) is 9.78 Å². The van der Waals surface area contributed by atoms with Crippen LogP contribution >= 0.6 is 15.9 Å². The number of nitrogens with two attached hydrogens (primary N) is 1. The number of anilines is 2. The first kappa shape index (κ1) is 16.7. The van der Waals surface area contributed by atoms with E-state index in [2.05, 4.69) is 36.3 Å². The molecule has 9 nitrogen and oxygen atoms in total. The van der Waals surface area contributed by atoms with Crippen LogP contribution in [-0.4, -0.2) is 25.8 Å². The first-order chi connectivity index (χ1) is 12.0. The van der Waals surface area contributed by atoms with Crippen molar-refractivity contribution < 1.29 is 14.3 Å². The Kier molecular flexibility index (Phi) is 4.80. The fourth-order valence-corrected chi connectivity index (χ4v) is 2.20. The minimum atomic E-state index is -0.900. The number of hydrogen-bond acceptors (Lipinski definition) is 7. The number of aryl methyl sites for hydroxylation is 1. The SMILES string of the molecule is Cn1cc(Nc2ncc(Br)c(Oc3cccc(OC(N)=O)c3)n2)cn1.